The number of anilines is 1. The first-order valence-corrected chi connectivity index (χ1v) is 8.17. The van der Waals surface area contributed by atoms with E-state index in [0.717, 1.165) is 45.1 Å². The zero-order valence-corrected chi connectivity index (χ0v) is 13.8. The average Bonchev–Trinajstić information content (AvgIpc) is 2.96. The quantitative estimate of drug-likeness (QED) is 0.652. The highest BCUT2D eigenvalue weighted by atomic mass is 79.9. The first-order chi connectivity index (χ1) is 11.2. The Morgan fingerprint density at radius 1 is 1.09 bits per heavy atom. The van der Waals surface area contributed by atoms with Crippen LogP contribution in [0.1, 0.15) is 17.5 Å². The highest BCUT2D eigenvalue weighted by molar-refractivity contribution is 9.10. The molecule has 0 bridgehead atoms. The fraction of sp³-hybridized carbons (Fsp3) is 0.111. The predicted molar refractivity (Wildman–Crippen MR) is 94.3 cm³/mol. The molecule has 1 aliphatic rings. The molecule has 0 unspecified atom stereocenters. The summed E-state index contributed by atoms with van der Waals surface area (Å²) in [7, 11) is 0. The highest BCUT2D eigenvalue weighted by Gasteiger charge is 2.21. The summed E-state index contributed by atoms with van der Waals surface area (Å²) in [4.78, 5) is 4.53. The second-order valence-corrected chi connectivity index (χ2v) is 6.33. The van der Waals surface area contributed by atoms with E-state index in [0.29, 0.717) is 5.82 Å². The second-order valence-electron chi connectivity index (χ2n) is 5.47. The third kappa shape index (κ3) is 2.72. The number of nitrogens with zero attached hydrogens (tertiary/aromatic N) is 2. The van der Waals surface area contributed by atoms with E-state index < -0.39 is 0 Å². The van der Waals surface area contributed by atoms with Crippen molar-refractivity contribution in [3.63, 3.8) is 0 Å². The van der Waals surface area contributed by atoms with Gasteiger partial charge >= 0.3 is 0 Å². The van der Waals surface area contributed by atoms with E-state index in [1.165, 1.54) is 6.07 Å². The van der Waals surface area contributed by atoms with Gasteiger partial charge in [0.05, 0.1) is 11.2 Å². The van der Waals surface area contributed by atoms with Gasteiger partial charge in [0.2, 0.25) is 0 Å². The van der Waals surface area contributed by atoms with Gasteiger partial charge in [0.25, 0.3) is 0 Å². The van der Waals surface area contributed by atoms with Gasteiger partial charge < -0.3 is 0 Å². The topological polar surface area (TPSA) is 37.3 Å². The lowest BCUT2D eigenvalue weighted by molar-refractivity contribution is 0.626. The lowest BCUT2D eigenvalue weighted by Gasteiger charge is -2.05. The molecule has 1 N–H and O–H groups in total. The van der Waals surface area contributed by atoms with Crippen LogP contribution in [0, 0.1) is 5.82 Å². The number of benzene rings is 2. The SMILES string of the molecule is Fc1cc(Br)c2c(c1)/C(=N\Nc1ccc3ccccc3n1)CC2. The van der Waals surface area contributed by atoms with Crippen molar-refractivity contribution >= 4 is 38.4 Å². The van der Waals surface area contributed by atoms with Gasteiger partial charge in [-0.3, -0.25) is 5.43 Å². The summed E-state index contributed by atoms with van der Waals surface area (Å²) in [6.45, 7) is 0. The molecule has 0 aliphatic heterocycles. The largest absolute Gasteiger partial charge is 0.261 e. The number of aromatic nitrogens is 1. The molecule has 0 saturated carbocycles. The van der Waals surface area contributed by atoms with Crippen LogP contribution in [-0.4, -0.2) is 10.7 Å². The molecule has 3 nitrogen and oxygen atoms in total. The standard InChI is InChI=1S/C18H13BrFN3/c19-15-10-12(20)9-14-13(15)6-7-17(14)22-23-18-8-5-11-3-1-2-4-16(11)21-18/h1-5,8-10H,6-7H2,(H,21,23)/b22-17-. The minimum absolute atomic E-state index is 0.256. The van der Waals surface area contributed by atoms with Crippen LogP contribution in [0.15, 0.2) is 58.1 Å². The van der Waals surface area contributed by atoms with Crippen molar-refractivity contribution < 1.29 is 4.39 Å². The Labute approximate surface area is 141 Å². The number of hydrogen-bond acceptors (Lipinski definition) is 3. The van der Waals surface area contributed by atoms with Crippen LogP contribution in [0.3, 0.4) is 0 Å². The van der Waals surface area contributed by atoms with Crippen LogP contribution >= 0.6 is 15.9 Å². The first kappa shape index (κ1) is 14.3. The third-order valence-corrected chi connectivity index (χ3v) is 4.69. The molecule has 1 aliphatic carbocycles. The number of fused-ring (bicyclic) bond motifs is 2. The Balaban J connectivity index is 1.65. The summed E-state index contributed by atoms with van der Waals surface area (Å²) >= 11 is 3.42. The monoisotopic (exact) mass is 369 g/mol. The van der Waals surface area contributed by atoms with Crippen molar-refractivity contribution in [2.45, 2.75) is 12.8 Å². The van der Waals surface area contributed by atoms with E-state index in [2.05, 4.69) is 31.4 Å². The van der Waals surface area contributed by atoms with Crippen molar-refractivity contribution in [3.8, 4) is 0 Å². The zero-order valence-electron chi connectivity index (χ0n) is 12.2. The molecule has 1 heterocycles. The van der Waals surface area contributed by atoms with Gasteiger partial charge in [-0.25, -0.2) is 9.37 Å². The molecule has 4 rings (SSSR count). The summed E-state index contributed by atoms with van der Waals surface area (Å²) in [6.07, 6.45) is 1.65. The molecule has 0 radical (unpaired) electrons. The summed E-state index contributed by atoms with van der Waals surface area (Å²) in [5, 5.41) is 5.53. The maximum Gasteiger partial charge on any atom is 0.146 e. The molecule has 23 heavy (non-hydrogen) atoms. The van der Waals surface area contributed by atoms with Gasteiger partial charge in [0.15, 0.2) is 0 Å². The van der Waals surface area contributed by atoms with E-state index >= 15 is 0 Å². The molecule has 3 aromatic rings. The van der Waals surface area contributed by atoms with Crippen LogP contribution < -0.4 is 5.43 Å². The lowest BCUT2D eigenvalue weighted by atomic mass is 10.1. The maximum absolute atomic E-state index is 13.6. The van der Waals surface area contributed by atoms with E-state index in [1.807, 2.05) is 36.4 Å². The normalized spacial score (nSPS) is 15.1. The number of para-hydroxylation sites is 1. The van der Waals surface area contributed by atoms with Gasteiger partial charge in [-0.15, -0.1) is 0 Å². The summed E-state index contributed by atoms with van der Waals surface area (Å²) in [5.74, 6) is 0.425. The Morgan fingerprint density at radius 3 is 2.87 bits per heavy atom. The number of hydrazone groups is 1. The van der Waals surface area contributed by atoms with Crippen molar-refractivity contribution in [1.29, 1.82) is 0 Å². The highest BCUT2D eigenvalue weighted by Crippen LogP contribution is 2.30. The average molecular weight is 370 g/mol. The van der Waals surface area contributed by atoms with E-state index in [9.17, 15) is 4.39 Å². The molecular formula is C18H13BrFN3. The van der Waals surface area contributed by atoms with Crippen LogP contribution in [-0.2, 0) is 6.42 Å². The summed E-state index contributed by atoms with van der Waals surface area (Å²) < 4.78 is 14.4. The fourth-order valence-electron chi connectivity index (χ4n) is 2.86. The van der Waals surface area contributed by atoms with Crippen LogP contribution in [0.5, 0.6) is 0 Å². The molecule has 2 aromatic carbocycles. The van der Waals surface area contributed by atoms with Crippen LogP contribution in [0.2, 0.25) is 0 Å². The Morgan fingerprint density at radius 2 is 1.96 bits per heavy atom. The lowest BCUT2D eigenvalue weighted by Crippen LogP contribution is -2.01. The van der Waals surface area contributed by atoms with Crippen molar-refractivity contribution in [2.75, 3.05) is 5.43 Å². The smallest absolute Gasteiger partial charge is 0.146 e. The fourth-order valence-corrected chi connectivity index (χ4v) is 3.49. The summed E-state index contributed by atoms with van der Waals surface area (Å²) in [6, 6.07) is 14.9. The van der Waals surface area contributed by atoms with Gasteiger partial charge in [0.1, 0.15) is 11.6 Å². The predicted octanol–water partition coefficient (Wildman–Crippen LogP) is 4.90. The molecule has 0 fully saturated rings. The molecular weight excluding hydrogens is 357 g/mol. The molecule has 1 aromatic heterocycles. The summed E-state index contributed by atoms with van der Waals surface area (Å²) in [5.41, 5.74) is 6.74. The Bertz CT molecular complexity index is 937. The Kier molecular flexibility index (Phi) is 3.58. The van der Waals surface area contributed by atoms with Gasteiger partial charge in [0, 0.05) is 15.4 Å². The molecule has 5 heteroatoms. The van der Waals surface area contributed by atoms with Crippen molar-refractivity contribution in [2.24, 2.45) is 5.10 Å². The first-order valence-electron chi connectivity index (χ1n) is 7.37. The van der Waals surface area contributed by atoms with E-state index in [1.54, 1.807) is 6.07 Å². The van der Waals surface area contributed by atoms with Crippen LogP contribution in [0.25, 0.3) is 10.9 Å². The number of hydrogen-bond donors (Lipinski definition) is 1. The van der Waals surface area contributed by atoms with E-state index in [-0.39, 0.29) is 5.82 Å². The maximum atomic E-state index is 13.6. The van der Waals surface area contributed by atoms with Gasteiger partial charge in [-0.2, -0.15) is 5.10 Å². The molecule has 0 spiro atoms. The van der Waals surface area contributed by atoms with Crippen molar-refractivity contribution in [1.82, 2.24) is 4.98 Å². The number of rotatable bonds is 2. The molecule has 0 saturated heterocycles. The minimum atomic E-state index is -0.256. The Hall–Kier alpha value is -2.27. The van der Waals surface area contributed by atoms with Gasteiger partial charge in [-0.05, 0) is 48.7 Å². The number of halogens is 2. The number of nitrogens with one attached hydrogen (secondary N) is 1. The van der Waals surface area contributed by atoms with Gasteiger partial charge in [-0.1, -0.05) is 34.1 Å². The zero-order chi connectivity index (χ0) is 15.8. The van der Waals surface area contributed by atoms with Crippen LogP contribution in [0.4, 0.5) is 10.2 Å². The van der Waals surface area contributed by atoms with Crippen molar-refractivity contribution in [3.05, 3.63) is 69.9 Å². The third-order valence-electron chi connectivity index (χ3n) is 3.99. The molecule has 0 atom stereocenters. The molecule has 0 amide bonds. The van der Waals surface area contributed by atoms with E-state index in [4.69, 9.17) is 0 Å². The minimum Gasteiger partial charge on any atom is -0.261 e. The number of pyridine rings is 1. The molecule has 114 valence electrons. The second kappa shape index (κ2) is 5.74.